The molecule has 0 heterocycles. The lowest BCUT2D eigenvalue weighted by Crippen LogP contribution is -2.40. The first-order chi connectivity index (χ1) is 5.77. The number of alkyl halides is 3. The molecule has 1 fully saturated rings. The van der Waals surface area contributed by atoms with Gasteiger partial charge in [0.15, 0.2) is 0 Å². The summed E-state index contributed by atoms with van der Waals surface area (Å²) in [6.07, 6.45) is -1.55. The lowest BCUT2D eigenvalue weighted by atomic mass is 9.77. The summed E-state index contributed by atoms with van der Waals surface area (Å²) in [5.74, 6) is 0.576. The zero-order chi connectivity index (χ0) is 10.3. The number of thioether (sulfide) groups is 1. The minimum atomic E-state index is -4.02. The van der Waals surface area contributed by atoms with Crippen LogP contribution < -0.4 is 0 Å². The molecule has 0 spiro atoms. The molecule has 0 nitrogen and oxygen atoms in total. The number of rotatable bonds is 3. The molecular weight excluding hydrogens is 197 g/mol. The predicted molar refractivity (Wildman–Crippen MR) is 49.9 cm³/mol. The fraction of sp³-hybridized carbons (Fsp3) is 1.00. The highest BCUT2D eigenvalue weighted by molar-refractivity contribution is 7.98. The van der Waals surface area contributed by atoms with Gasteiger partial charge in [0.25, 0.3) is 0 Å². The van der Waals surface area contributed by atoms with Gasteiger partial charge in [0.05, 0.1) is 5.41 Å². The summed E-state index contributed by atoms with van der Waals surface area (Å²) in [5, 5.41) is 0. The maximum Gasteiger partial charge on any atom is 0.395 e. The summed E-state index contributed by atoms with van der Waals surface area (Å²) >= 11 is 1.49. The van der Waals surface area contributed by atoms with E-state index in [9.17, 15) is 13.2 Å². The van der Waals surface area contributed by atoms with Crippen LogP contribution in [-0.2, 0) is 0 Å². The molecule has 0 radical (unpaired) electrons. The van der Waals surface area contributed by atoms with Gasteiger partial charge >= 0.3 is 6.18 Å². The highest BCUT2D eigenvalue weighted by Gasteiger charge is 2.69. The summed E-state index contributed by atoms with van der Waals surface area (Å²) in [6.45, 7) is 3.45. The third-order valence-electron chi connectivity index (χ3n) is 3.09. The van der Waals surface area contributed by atoms with Crippen molar-refractivity contribution in [2.75, 3.05) is 12.0 Å². The van der Waals surface area contributed by atoms with Crippen molar-refractivity contribution in [2.45, 2.75) is 32.9 Å². The Morgan fingerprint density at radius 3 is 1.92 bits per heavy atom. The van der Waals surface area contributed by atoms with Crippen LogP contribution in [0.15, 0.2) is 0 Å². The van der Waals surface area contributed by atoms with Crippen LogP contribution in [0, 0.1) is 10.8 Å². The minimum absolute atomic E-state index is 0.310. The third kappa shape index (κ3) is 1.69. The molecular formula is C9H15F3S. The normalized spacial score (nSPS) is 21.7. The van der Waals surface area contributed by atoms with Crippen LogP contribution in [0.25, 0.3) is 0 Å². The van der Waals surface area contributed by atoms with Crippen LogP contribution >= 0.6 is 11.8 Å². The van der Waals surface area contributed by atoms with Gasteiger partial charge in [-0.05, 0) is 30.3 Å². The minimum Gasteiger partial charge on any atom is -0.170 e. The third-order valence-corrected chi connectivity index (χ3v) is 4.10. The first-order valence-electron chi connectivity index (χ1n) is 4.32. The largest absolute Gasteiger partial charge is 0.395 e. The molecule has 78 valence electrons. The molecule has 0 saturated heterocycles. The van der Waals surface area contributed by atoms with Crippen molar-refractivity contribution in [1.82, 2.24) is 0 Å². The zero-order valence-electron chi connectivity index (χ0n) is 8.16. The lowest BCUT2D eigenvalue weighted by Gasteiger charge is -2.35. The van der Waals surface area contributed by atoms with Crippen molar-refractivity contribution in [3.8, 4) is 0 Å². The highest BCUT2D eigenvalue weighted by Crippen LogP contribution is 2.67. The molecule has 0 bridgehead atoms. The van der Waals surface area contributed by atoms with E-state index in [1.165, 1.54) is 11.8 Å². The van der Waals surface area contributed by atoms with Crippen molar-refractivity contribution in [3.05, 3.63) is 0 Å². The van der Waals surface area contributed by atoms with E-state index in [4.69, 9.17) is 0 Å². The average molecular weight is 212 g/mol. The fourth-order valence-electron chi connectivity index (χ4n) is 1.97. The molecule has 1 aliphatic rings. The Bertz CT molecular complexity index is 192. The van der Waals surface area contributed by atoms with E-state index in [2.05, 4.69) is 0 Å². The quantitative estimate of drug-likeness (QED) is 0.687. The van der Waals surface area contributed by atoms with E-state index in [0.29, 0.717) is 18.6 Å². The van der Waals surface area contributed by atoms with E-state index in [0.717, 1.165) is 0 Å². The van der Waals surface area contributed by atoms with E-state index in [1.54, 1.807) is 13.8 Å². The molecule has 0 atom stereocenters. The van der Waals surface area contributed by atoms with Crippen LogP contribution in [0.3, 0.4) is 0 Å². The standard InChI is InChI=1S/C9H15F3S/c1-7(2,6-13-3)8(4-5-8)9(10,11)12/h4-6H2,1-3H3. The van der Waals surface area contributed by atoms with Crippen molar-refractivity contribution >= 4 is 11.8 Å². The Kier molecular flexibility index (Phi) is 2.65. The van der Waals surface area contributed by atoms with Gasteiger partial charge < -0.3 is 0 Å². The van der Waals surface area contributed by atoms with Crippen LogP contribution in [0.2, 0.25) is 0 Å². The topological polar surface area (TPSA) is 0 Å². The summed E-state index contributed by atoms with van der Waals surface area (Å²) in [4.78, 5) is 0. The van der Waals surface area contributed by atoms with Crippen molar-refractivity contribution in [1.29, 1.82) is 0 Å². The smallest absolute Gasteiger partial charge is 0.170 e. The summed E-state index contributed by atoms with van der Waals surface area (Å²) in [5.41, 5.74) is -2.01. The first-order valence-corrected chi connectivity index (χ1v) is 5.72. The van der Waals surface area contributed by atoms with Gasteiger partial charge in [0.1, 0.15) is 0 Å². The Hall–Kier alpha value is 0.140. The molecule has 0 N–H and O–H groups in total. The highest BCUT2D eigenvalue weighted by atomic mass is 32.2. The monoisotopic (exact) mass is 212 g/mol. The van der Waals surface area contributed by atoms with Gasteiger partial charge in [-0.1, -0.05) is 13.8 Å². The van der Waals surface area contributed by atoms with E-state index < -0.39 is 17.0 Å². The second kappa shape index (κ2) is 3.07. The Labute approximate surface area is 81.3 Å². The summed E-state index contributed by atoms with van der Waals surface area (Å²) in [6, 6.07) is 0. The molecule has 0 aromatic rings. The lowest BCUT2D eigenvalue weighted by molar-refractivity contribution is -0.214. The van der Waals surface area contributed by atoms with Gasteiger partial charge in [-0.2, -0.15) is 24.9 Å². The molecule has 1 saturated carbocycles. The second-order valence-electron chi connectivity index (χ2n) is 4.40. The van der Waals surface area contributed by atoms with Crippen LogP contribution in [-0.4, -0.2) is 18.2 Å². The molecule has 13 heavy (non-hydrogen) atoms. The Morgan fingerprint density at radius 1 is 1.23 bits per heavy atom. The maximum absolute atomic E-state index is 12.7. The number of hydrogen-bond donors (Lipinski definition) is 0. The van der Waals surface area contributed by atoms with E-state index in [-0.39, 0.29) is 0 Å². The first kappa shape index (κ1) is 11.2. The molecule has 1 rings (SSSR count). The molecule has 4 heteroatoms. The average Bonchev–Trinajstić information content (AvgIpc) is 2.61. The maximum atomic E-state index is 12.7. The summed E-state index contributed by atoms with van der Waals surface area (Å²) < 4.78 is 38.1. The van der Waals surface area contributed by atoms with Crippen molar-refractivity contribution in [3.63, 3.8) is 0 Å². The molecule has 0 aromatic heterocycles. The van der Waals surface area contributed by atoms with Crippen molar-refractivity contribution in [2.24, 2.45) is 10.8 Å². The number of hydrogen-bond acceptors (Lipinski definition) is 1. The van der Waals surface area contributed by atoms with Gasteiger partial charge in [0.2, 0.25) is 0 Å². The van der Waals surface area contributed by atoms with Gasteiger partial charge in [-0.3, -0.25) is 0 Å². The van der Waals surface area contributed by atoms with Crippen LogP contribution in [0.5, 0.6) is 0 Å². The second-order valence-corrected chi connectivity index (χ2v) is 5.26. The molecule has 0 aliphatic heterocycles. The van der Waals surface area contributed by atoms with E-state index >= 15 is 0 Å². The van der Waals surface area contributed by atoms with Crippen LogP contribution in [0.1, 0.15) is 26.7 Å². The van der Waals surface area contributed by atoms with Gasteiger partial charge in [-0.25, -0.2) is 0 Å². The van der Waals surface area contributed by atoms with Crippen LogP contribution in [0.4, 0.5) is 13.2 Å². The van der Waals surface area contributed by atoms with E-state index in [1.807, 2.05) is 6.26 Å². The summed E-state index contributed by atoms with van der Waals surface area (Å²) in [7, 11) is 0. The predicted octanol–water partition coefficient (Wildman–Crippen LogP) is 3.72. The van der Waals surface area contributed by atoms with Gasteiger partial charge in [0, 0.05) is 0 Å². The van der Waals surface area contributed by atoms with Crippen molar-refractivity contribution < 1.29 is 13.2 Å². The Balaban J connectivity index is 2.81. The molecule has 0 unspecified atom stereocenters. The SMILES string of the molecule is CSCC(C)(C)C1(C(F)(F)F)CC1. The van der Waals surface area contributed by atoms with Gasteiger partial charge in [-0.15, -0.1) is 0 Å². The molecule has 0 aromatic carbocycles. The fourth-order valence-corrected chi connectivity index (χ4v) is 2.97. The molecule has 0 amide bonds. The zero-order valence-corrected chi connectivity index (χ0v) is 8.98. The molecule has 1 aliphatic carbocycles. The number of halogens is 3. The Morgan fingerprint density at radius 2 is 1.69 bits per heavy atom.